The second-order valence-corrected chi connectivity index (χ2v) is 7.86. The van der Waals surface area contributed by atoms with Crippen LogP contribution in [0.5, 0.6) is 0 Å². The molecule has 1 aromatic rings. The number of carboxylic acid groups (broad SMARTS) is 1. The van der Waals surface area contributed by atoms with Gasteiger partial charge in [-0.3, -0.25) is 4.79 Å². The summed E-state index contributed by atoms with van der Waals surface area (Å²) in [6, 6.07) is 0.586. The van der Waals surface area contributed by atoms with Crippen molar-refractivity contribution >= 4 is 50.5 Å². The molecule has 0 saturated heterocycles. The molecular formula is C10H13Cl2NO4S2. The minimum Gasteiger partial charge on any atom is -0.481 e. The van der Waals surface area contributed by atoms with E-state index >= 15 is 0 Å². The molecule has 1 atom stereocenters. The van der Waals surface area contributed by atoms with Gasteiger partial charge in [0.15, 0.2) is 0 Å². The van der Waals surface area contributed by atoms with Crippen LogP contribution in [-0.4, -0.2) is 25.5 Å². The standard InChI is InChI=1S/C10H13Cl2NO4S2/c1-2-3-6(4-9(14)15)13-19(16,17)7-5-8(11)18-10(7)12/h5-6,13H,2-4H2,1H3,(H,14,15). The summed E-state index contributed by atoms with van der Waals surface area (Å²) in [5.74, 6) is -1.06. The first-order valence-corrected chi connectivity index (χ1v) is 8.50. The predicted octanol–water partition coefficient (Wildman–Crippen LogP) is 2.98. The van der Waals surface area contributed by atoms with Gasteiger partial charge in [0.1, 0.15) is 9.23 Å². The highest BCUT2D eigenvalue weighted by molar-refractivity contribution is 7.89. The molecule has 1 unspecified atom stereocenters. The minimum absolute atomic E-state index is 0.0584. The number of hydrogen-bond acceptors (Lipinski definition) is 4. The van der Waals surface area contributed by atoms with E-state index in [2.05, 4.69) is 4.72 Å². The Balaban J connectivity index is 2.93. The number of halogens is 2. The highest BCUT2D eigenvalue weighted by atomic mass is 35.5. The van der Waals surface area contributed by atoms with Gasteiger partial charge in [-0.05, 0) is 12.5 Å². The zero-order chi connectivity index (χ0) is 14.6. The molecule has 9 heteroatoms. The number of sulfonamides is 1. The third kappa shape index (κ3) is 4.92. The van der Waals surface area contributed by atoms with E-state index in [4.69, 9.17) is 28.3 Å². The van der Waals surface area contributed by atoms with Crippen LogP contribution < -0.4 is 4.72 Å². The molecule has 19 heavy (non-hydrogen) atoms. The van der Waals surface area contributed by atoms with E-state index in [1.54, 1.807) is 0 Å². The topological polar surface area (TPSA) is 83.5 Å². The van der Waals surface area contributed by atoms with Crippen molar-refractivity contribution < 1.29 is 18.3 Å². The summed E-state index contributed by atoms with van der Waals surface area (Å²) in [5.41, 5.74) is 0. The summed E-state index contributed by atoms with van der Waals surface area (Å²) in [6.07, 6.45) is 0.822. The largest absolute Gasteiger partial charge is 0.481 e. The fourth-order valence-electron chi connectivity index (χ4n) is 1.55. The second-order valence-electron chi connectivity index (χ2n) is 3.89. The van der Waals surface area contributed by atoms with Crippen LogP contribution in [0.15, 0.2) is 11.0 Å². The lowest BCUT2D eigenvalue weighted by atomic mass is 10.1. The van der Waals surface area contributed by atoms with Crippen molar-refractivity contribution in [3.05, 3.63) is 14.7 Å². The first-order chi connectivity index (χ1) is 8.76. The molecule has 0 aliphatic carbocycles. The molecule has 1 rings (SSSR count). The van der Waals surface area contributed by atoms with Crippen molar-refractivity contribution in [3.63, 3.8) is 0 Å². The first kappa shape index (κ1) is 16.7. The molecule has 0 saturated carbocycles. The normalized spacial score (nSPS) is 13.4. The zero-order valence-electron chi connectivity index (χ0n) is 10.0. The number of hydrogen-bond donors (Lipinski definition) is 2. The highest BCUT2D eigenvalue weighted by Crippen LogP contribution is 2.34. The summed E-state index contributed by atoms with van der Waals surface area (Å²) in [5, 5.41) is 8.76. The summed E-state index contributed by atoms with van der Waals surface area (Å²) in [6.45, 7) is 1.84. The van der Waals surface area contributed by atoms with E-state index in [0.29, 0.717) is 12.8 Å². The van der Waals surface area contributed by atoms with Gasteiger partial charge in [-0.25, -0.2) is 13.1 Å². The lowest BCUT2D eigenvalue weighted by Crippen LogP contribution is -2.36. The SMILES string of the molecule is CCCC(CC(=O)O)NS(=O)(=O)c1cc(Cl)sc1Cl. The van der Waals surface area contributed by atoms with Gasteiger partial charge in [0.2, 0.25) is 10.0 Å². The molecule has 0 fully saturated rings. The van der Waals surface area contributed by atoms with Crippen LogP contribution in [-0.2, 0) is 14.8 Å². The van der Waals surface area contributed by atoms with Gasteiger partial charge in [-0.2, -0.15) is 0 Å². The Bertz CT molecular complexity index is 556. The molecule has 0 amide bonds. The van der Waals surface area contributed by atoms with E-state index in [9.17, 15) is 13.2 Å². The third-order valence-electron chi connectivity index (χ3n) is 2.29. The summed E-state index contributed by atoms with van der Waals surface area (Å²) >= 11 is 12.4. The van der Waals surface area contributed by atoms with Gasteiger partial charge in [0, 0.05) is 6.04 Å². The maximum Gasteiger partial charge on any atom is 0.304 e. The minimum atomic E-state index is -3.86. The molecule has 0 aliphatic heterocycles. The van der Waals surface area contributed by atoms with E-state index in [-0.39, 0.29) is 20.0 Å². The van der Waals surface area contributed by atoms with Crippen LogP contribution >= 0.6 is 34.5 Å². The first-order valence-electron chi connectivity index (χ1n) is 5.45. The van der Waals surface area contributed by atoms with E-state index in [1.165, 1.54) is 6.07 Å². The van der Waals surface area contributed by atoms with Gasteiger partial charge in [-0.1, -0.05) is 36.5 Å². The molecule has 0 radical (unpaired) electrons. The van der Waals surface area contributed by atoms with Crippen molar-refractivity contribution in [2.45, 2.75) is 37.1 Å². The molecular weight excluding hydrogens is 333 g/mol. The van der Waals surface area contributed by atoms with E-state index < -0.39 is 22.0 Å². The van der Waals surface area contributed by atoms with Crippen LogP contribution in [0.3, 0.4) is 0 Å². The quantitative estimate of drug-likeness (QED) is 0.795. The monoisotopic (exact) mass is 345 g/mol. The van der Waals surface area contributed by atoms with Crippen molar-refractivity contribution in [3.8, 4) is 0 Å². The lowest BCUT2D eigenvalue weighted by Gasteiger charge is -2.15. The third-order valence-corrected chi connectivity index (χ3v) is 5.57. The summed E-state index contributed by atoms with van der Waals surface area (Å²) < 4.78 is 26.9. The second kappa shape index (κ2) is 6.90. The number of carboxylic acids is 1. The maximum atomic E-state index is 12.1. The summed E-state index contributed by atoms with van der Waals surface area (Å²) in [7, 11) is -3.86. The number of nitrogens with one attached hydrogen (secondary N) is 1. The number of aliphatic carboxylic acids is 1. The Morgan fingerprint density at radius 1 is 1.53 bits per heavy atom. The number of thiophene rings is 1. The van der Waals surface area contributed by atoms with Gasteiger partial charge < -0.3 is 5.11 Å². The fourth-order valence-corrected chi connectivity index (χ4v) is 4.97. The van der Waals surface area contributed by atoms with Crippen molar-refractivity contribution in [1.82, 2.24) is 4.72 Å². The zero-order valence-corrected chi connectivity index (χ0v) is 13.2. The van der Waals surface area contributed by atoms with E-state index in [0.717, 1.165) is 11.3 Å². The highest BCUT2D eigenvalue weighted by Gasteiger charge is 2.25. The molecule has 0 spiro atoms. The van der Waals surface area contributed by atoms with Crippen LogP contribution in [0, 0.1) is 0 Å². The van der Waals surface area contributed by atoms with Gasteiger partial charge in [0.05, 0.1) is 10.8 Å². The average molecular weight is 346 g/mol. The van der Waals surface area contributed by atoms with Crippen molar-refractivity contribution in [1.29, 1.82) is 0 Å². The Morgan fingerprint density at radius 3 is 2.58 bits per heavy atom. The molecule has 1 aromatic heterocycles. The molecule has 0 bridgehead atoms. The van der Waals surface area contributed by atoms with Crippen molar-refractivity contribution in [2.24, 2.45) is 0 Å². The van der Waals surface area contributed by atoms with E-state index in [1.807, 2.05) is 6.92 Å². The Morgan fingerprint density at radius 2 is 2.16 bits per heavy atom. The van der Waals surface area contributed by atoms with Gasteiger partial charge in [0.25, 0.3) is 0 Å². The Hall–Kier alpha value is -0.340. The van der Waals surface area contributed by atoms with Crippen LogP contribution in [0.2, 0.25) is 8.67 Å². The van der Waals surface area contributed by atoms with Gasteiger partial charge in [-0.15, -0.1) is 11.3 Å². The molecule has 5 nitrogen and oxygen atoms in total. The molecule has 108 valence electrons. The molecule has 0 aliphatic rings. The number of carbonyl (C=O) groups is 1. The Kier molecular flexibility index (Phi) is 6.07. The molecule has 0 aromatic carbocycles. The lowest BCUT2D eigenvalue weighted by molar-refractivity contribution is -0.137. The molecule has 2 N–H and O–H groups in total. The van der Waals surface area contributed by atoms with Crippen LogP contribution in [0.4, 0.5) is 0 Å². The van der Waals surface area contributed by atoms with Crippen LogP contribution in [0.1, 0.15) is 26.2 Å². The maximum absolute atomic E-state index is 12.1. The molecule has 1 heterocycles. The van der Waals surface area contributed by atoms with Gasteiger partial charge >= 0.3 is 5.97 Å². The van der Waals surface area contributed by atoms with Crippen molar-refractivity contribution in [2.75, 3.05) is 0 Å². The smallest absolute Gasteiger partial charge is 0.304 e. The fraction of sp³-hybridized carbons (Fsp3) is 0.500. The van der Waals surface area contributed by atoms with Crippen LogP contribution in [0.25, 0.3) is 0 Å². The Labute approximate surface area is 125 Å². The predicted molar refractivity (Wildman–Crippen MR) is 75.6 cm³/mol. The number of rotatable bonds is 7. The average Bonchev–Trinajstić information content (AvgIpc) is 2.57. The summed E-state index contributed by atoms with van der Waals surface area (Å²) in [4.78, 5) is 10.6.